The van der Waals surface area contributed by atoms with E-state index in [1.54, 1.807) is 18.2 Å². The maximum atomic E-state index is 6.41. The summed E-state index contributed by atoms with van der Waals surface area (Å²) in [5.74, 6) is 0. The van der Waals surface area contributed by atoms with Gasteiger partial charge in [0.15, 0.2) is 0 Å². The van der Waals surface area contributed by atoms with Crippen molar-refractivity contribution in [2.75, 3.05) is 0 Å². The van der Waals surface area contributed by atoms with Gasteiger partial charge in [0, 0.05) is 25.7 Å². The number of aryl methyl sites for hydroxylation is 1. The molecule has 3 nitrogen and oxygen atoms in total. The molecule has 7 heteroatoms. The second-order valence-corrected chi connectivity index (χ2v) is 7.66. The zero-order chi connectivity index (χ0) is 18.7. The molecule has 0 spiro atoms. The van der Waals surface area contributed by atoms with Gasteiger partial charge in [-0.15, -0.1) is 0 Å². The second-order valence-electron chi connectivity index (χ2n) is 5.98. The fourth-order valence-electron chi connectivity index (χ4n) is 2.63. The van der Waals surface area contributed by atoms with Crippen molar-refractivity contribution in [3.05, 3.63) is 86.3 Å². The van der Waals surface area contributed by atoms with E-state index in [0.717, 1.165) is 11.1 Å². The summed E-state index contributed by atoms with van der Waals surface area (Å²) in [5, 5.41) is 2.33. The Hall–Kier alpha value is -1.23. The molecule has 2 aromatic carbocycles. The lowest BCUT2D eigenvalue weighted by Gasteiger charge is -2.19. The van der Waals surface area contributed by atoms with Crippen molar-refractivity contribution in [2.45, 2.75) is 19.3 Å². The van der Waals surface area contributed by atoms with Gasteiger partial charge in [0.1, 0.15) is 25.0 Å². The number of imidazole rings is 1. The van der Waals surface area contributed by atoms with Crippen LogP contribution in [0.5, 0.6) is 0 Å². The molecule has 1 atom stereocenters. The van der Waals surface area contributed by atoms with Crippen LogP contribution in [0.1, 0.15) is 17.2 Å². The summed E-state index contributed by atoms with van der Waals surface area (Å²) in [6.07, 6.45) is 5.67. The van der Waals surface area contributed by atoms with Crippen molar-refractivity contribution in [3.63, 3.8) is 0 Å². The van der Waals surface area contributed by atoms with Crippen molar-refractivity contribution in [2.24, 2.45) is 7.05 Å². The lowest BCUT2D eigenvalue weighted by atomic mass is 10.1. The Bertz CT molecular complexity index is 910. The molecule has 0 amide bonds. The highest BCUT2D eigenvalue weighted by Gasteiger charge is 2.20. The highest BCUT2D eigenvalue weighted by molar-refractivity contribution is 6.35. The van der Waals surface area contributed by atoms with Crippen molar-refractivity contribution < 1.29 is 9.30 Å². The van der Waals surface area contributed by atoms with Gasteiger partial charge in [0.25, 0.3) is 0 Å². The fourth-order valence-corrected chi connectivity index (χ4v) is 3.63. The average molecular weight is 431 g/mol. The van der Waals surface area contributed by atoms with E-state index in [-0.39, 0.29) is 6.10 Å². The van der Waals surface area contributed by atoms with E-state index in [1.807, 2.05) is 53.1 Å². The number of hydrogen-bond acceptors (Lipinski definition) is 1. The minimum Gasteiger partial charge on any atom is -0.365 e. The molecule has 0 fully saturated rings. The Morgan fingerprint density at radius 3 is 2.31 bits per heavy atom. The van der Waals surface area contributed by atoms with Crippen LogP contribution in [0.4, 0.5) is 0 Å². The van der Waals surface area contributed by atoms with Gasteiger partial charge in [-0.25, -0.2) is 9.13 Å². The van der Waals surface area contributed by atoms with Crippen LogP contribution < -0.4 is 4.57 Å². The first-order chi connectivity index (χ1) is 12.4. The van der Waals surface area contributed by atoms with E-state index in [2.05, 4.69) is 0 Å². The number of nitrogens with zero attached hydrogens (tertiary/aromatic N) is 2. The van der Waals surface area contributed by atoms with Crippen molar-refractivity contribution >= 4 is 46.4 Å². The van der Waals surface area contributed by atoms with E-state index in [4.69, 9.17) is 51.1 Å². The summed E-state index contributed by atoms with van der Waals surface area (Å²) in [4.78, 5) is 0. The average Bonchev–Trinajstić information content (AvgIpc) is 2.98. The van der Waals surface area contributed by atoms with Crippen LogP contribution in [-0.2, 0) is 24.9 Å². The molecule has 0 aliphatic heterocycles. The Balaban J connectivity index is 1.84. The number of rotatable bonds is 6. The third-order valence-corrected chi connectivity index (χ3v) is 5.11. The monoisotopic (exact) mass is 429 g/mol. The quantitative estimate of drug-likeness (QED) is 0.446. The minimum atomic E-state index is -0.265. The van der Waals surface area contributed by atoms with Crippen molar-refractivity contribution in [3.8, 4) is 0 Å². The van der Waals surface area contributed by atoms with Gasteiger partial charge in [-0.1, -0.05) is 58.5 Å². The van der Waals surface area contributed by atoms with Gasteiger partial charge in [-0.3, -0.25) is 0 Å². The molecule has 0 aliphatic carbocycles. The maximum absolute atomic E-state index is 6.41. The van der Waals surface area contributed by atoms with Gasteiger partial charge in [-0.2, -0.15) is 0 Å². The first-order valence-corrected chi connectivity index (χ1v) is 9.45. The SMILES string of the molecule is C[n+]1ccn(CC(OCc2ccc(Cl)cc2Cl)c2ccc(Cl)cc2Cl)c1. The van der Waals surface area contributed by atoms with E-state index in [9.17, 15) is 0 Å². The second kappa shape index (κ2) is 8.64. The molecule has 0 bridgehead atoms. The summed E-state index contributed by atoms with van der Waals surface area (Å²) < 4.78 is 10.2. The van der Waals surface area contributed by atoms with Crippen molar-refractivity contribution in [1.29, 1.82) is 0 Å². The third-order valence-electron chi connectivity index (χ3n) is 3.96. The molecule has 136 valence electrons. The van der Waals surface area contributed by atoms with Crippen LogP contribution in [0.25, 0.3) is 0 Å². The zero-order valence-electron chi connectivity index (χ0n) is 14.0. The van der Waals surface area contributed by atoms with E-state index in [1.165, 1.54) is 0 Å². The van der Waals surface area contributed by atoms with E-state index < -0.39 is 0 Å². The Kier molecular flexibility index (Phi) is 6.49. The zero-order valence-corrected chi connectivity index (χ0v) is 17.0. The van der Waals surface area contributed by atoms with Crippen LogP contribution >= 0.6 is 46.4 Å². The van der Waals surface area contributed by atoms with Crippen LogP contribution in [0.15, 0.2) is 55.1 Å². The summed E-state index contributed by atoms with van der Waals surface area (Å²) in [6.45, 7) is 0.945. The Labute approximate surface area is 172 Å². The molecule has 1 unspecified atom stereocenters. The topological polar surface area (TPSA) is 18.0 Å². The van der Waals surface area contributed by atoms with E-state index >= 15 is 0 Å². The molecule has 0 saturated carbocycles. The van der Waals surface area contributed by atoms with Crippen molar-refractivity contribution in [1.82, 2.24) is 4.57 Å². The predicted molar refractivity (Wildman–Crippen MR) is 106 cm³/mol. The molecule has 3 rings (SSSR count). The largest absolute Gasteiger partial charge is 0.365 e. The normalized spacial score (nSPS) is 12.3. The molecule has 1 heterocycles. The van der Waals surface area contributed by atoms with Gasteiger partial charge >= 0.3 is 0 Å². The number of aromatic nitrogens is 2. The Morgan fingerprint density at radius 2 is 1.69 bits per heavy atom. The van der Waals surface area contributed by atoms with Gasteiger partial charge in [0.2, 0.25) is 6.33 Å². The molecule has 26 heavy (non-hydrogen) atoms. The number of halogens is 4. The first-order valence-electron chi connectivity index (χ1n) is 7.94. The fraction of sp³-hybridized carbons (Fsp3) is 0.211. The van der Waals surface area contributed by atoms with E-state index in [0.29, 0.717) is 33.2 Å². The van der Waals surface area contributed by atoms with Crippen LogP contribution in [0.2, 0.25) is 20.1 Å². The highest BCUT2D eigenvalue weighted by atomic mass is 35.5. The lowest BCUT2D eigenvalue weighted by Crippen LogP contribution is -2.24. The van der Waals surface area contributed by atoms with Gasteiger partial charge in [0.05, 0.1) is 13.7 Å². The molecule has 0 N–H and O–H groups in total. The summed E-state index contributed by atoms with van der Waals surface area (Å²) in [7, 11) is 1.97. The summed E-state index contributed by atoms with van der Waals surface area (Å²) in [6, 6.07) is 10.8. The van der Waals surface area contributed by atoms with Crippen LogP contribution in [-0.4, -0.2) is 4.57 Å². The number of hydrogen-bond donors (Lipinski definition) is 0. The lowest BCUT2D eigenvalue weighted by molar-refractivity contribution is -0.671. The summed E-state index contributed by atoms with van der Waals surface area (Å²) >= 11 is 24.7. The van der Waals surface area contributed by atoms with Crippen LogP contribution in [0.3, 0.4) is 0 Å². The molecule has 0 radical (unpaired) electrons. The molecule has 3 aromatic rings. The highest BCUT2D eigenvalue weighted by Crippen LogP contribution is 2.31. The van der Waals surface area contributed by atoms with Gasteiger partial charge < -0.3 is 4.74 Å². The Morgan fingerprint density at radius 1 is 1.00 bits per heavy atom. The molecule has 1 aromatic heterocycles. The third kappa shape index (κ3) is 4.93. The van der Waals surface area contributed by atoms with Gasteiger partial charge in [-0.05, 0) is 29.8 Å². The maximum Gasteiger partial charge on any atom is 0.243 e. The molecule has 0 saturated heterocycles. The number of benzene rings is 2. The molecule has 0 aliphatic rings. The molecular formula is C19H17Cl4N2O+. The molecular weight excluding hydrogens is 414 g/mol. The smallest absolute Gasteiger partial charge is 0.243 e. The minimum absolute atomic E-state index is 0.265. The number of ether oxygens (including phenoxy) is 1. The standard InChI is InChI=1S/C19H17Cl4N2O/c1-24-6-7-25(12-24)10-19(16-5-4-15(21)9-18(16)23)26-11-13-2-3-14(20)8-17(13)22/h2-9,12,19H,10-11H2,1H3/q+1. The van der Waals surface area contributed by atoms with Crippen LogP contribution in [0, 0.1) is 0 Å². The summed E-state index contributed by atoms with van der Waals surface area (Å²) in [5.41, 5.74) is 1.74. The predicted octanol–water partition coefficient (Wildman–Crippen LogP) is 5.88. The first kappa shape index (κ1) is 19.5.